The van der Waals surface area contributed by atoms with E-state index < -0.39 is 0 Å². The Kier molecular flexibility index (Phi) is 7.23. The highest BCUT2D eigenvalue weighted by Gasteiger charge is 2.21. The lowest BCUT2D eigenvalue weighted by Crippen LogP contribution is -2.38. The Labute approximate surface area is 164 Å². The number of aromatic nitrogens is 4. The van der Waals surface area contributed by atoms with Crippen LogP contribution in [0.2, 0.25) is 0 Å². The molecule has 2 heterocycles. The number of amides is 1. The summed E-state index contributed by atoms with van der Waals surface area (Å²) >= 11 is 1.42. The van der Waals surface area contributed by atoms with E-state index in [2.05, 4.69) is 27.4 Å². The highest BCUT2D eigenvalue weighted by molar-refractivity contribution is 7.99. The number of nitrogens with zero attached hydrogens (tertiary/aromatic N) is 4. The fourth-order valence-corrected chi connectivity index (χ4v) is 4.07. The Morgan fingerprint density at radius 1 is 1.26 bits per heavy atom. The molecule has 1 N–H and O–H groups in total. The van der Waals surface area contributed by atoms with Crippen molar-refractivity contribution in [3.63, 3.8) is 0 Å². The zero-order valence-corrected chi connectivity index (χ0v) is 16.7. The third kappa shape index (κ3) is 5.52. The molecule has 1 aliphatic rings. The molecule has 0 radical (unpaired) electrons. The second-order valence-corrected chi connectivity index (χ2v) is 7.94. The zero-order chi connectivity index (χ0) is 19.1. The number of pyridine rings is 1. The second-order valence-electron chi connectivity index (χ2n) is 7.00. The highest BCUT2D eigenvalue weighted by atomic mass is 32.2. The van der Waals surface area contributed by atoms with E-state index in [-0.39, 0.29) is 5.91 Å². The van der Waals surface area contributed by atoms with Crippen molar-refractivity contribution in [1.82, 2.24) is 25.1 Å². The number of nitrogens with one attached hydrogen (secondary N) is 1. The molecule has 27 heavy (non-hydrogen) atoms. The molecule has 7 nitrogen and oxygen atoms in total. The molecule has 0 aliphatic heterocycles. The first kappa shape index (κ1) is 19.8. The number of carbonyl (C=O) groups excluding carboxylic acids is 1. The Morgan fingerprint density at radius 3 is 2.70 bits per heavy atom. The van der Waals surface area contributed by atoms with Crippen molar-refractivity contribution >= 4 is 17.7 Å². The van der Waals surface area contributed by atoms with Crippen molar-refractivity contribution in [1.29, 1.82) is 0 Å². The predicted octanol–water partition coefficient (Wildman–Crippen LogP) is 2.77. The lowest BCUT2D eigenvalue weighted by atomic mass is 9.87. The van der Waals surface area contributed by atoms with E-state index in [1.807, 2.05) is 16.7 Å². The minimum Gasteiger partial charge on any atom is -0.383 e. The Balaban J connectivity index is 1.62. The molecule has 146 valence electrons. The van der Waals surface area contributed by atoms with E-state index in [4.69, 9.17) is 4.74 Å². The van der Waals surface area contributed by atoms with Crippen LogP contribution in [0.1, 0.15) is 32.6 Å². The van der Waals surface area contributed by atoms with Crippen LogP contribution in [0.5, 0.6) is 0 Å². The van der Waals surface area contributed by atoms with Gasteiger partial charge in [0.25, 0.3) is 0 Å². The molecule has 0 unspecified atom stereocenters. The number of methoxy groups -OCH3 is 1. The van der Waals surface area contributed by atoms with Gasteiger partial charge in [-0.05, 0) is 43.7 Å². The summed E-state index contributed by atoms with van der Waals surface area (Å²) in [6.45, 7) is 3.46. The van der Waals surface area contributed by atoms with Gasteiger partial charge in [0.1, 0.15) is 0 Å². The molecule has 0 atom stereocenters. The van der Waals surface area contributed by atoms with Crippen molar-refractivity contribution in [2.45, 2.75) is 50.4 Å². The predicted molar refractivity (Wildman–Crippen MR) is 105 cm³/mol. The van der Waals surface area contributed by atoms with E-state index in [0.717, 1.165) is 35.3 Å². The summed E-state index contributed by atoms with van der Waals surface area (Å²) in [5, 5.41) is 12.5. The molecule has 1 fully saturated rings. The van der Waals surface area contributed by atoms with Crippen LogP contribution in [0.25, 0.3) is 11.4 Å². The molecule has 1 amide bonds. The average Bonchev–Trinajstić information content (AvgIpc) is 3.10. The van der Waals surface area contributed by atoms with Gasteiger partial charge in [0.15, 0.2) is 11.0 Å². The van der Waals surface area contributed by atoms with E-state index >= 15 is 0 Å². The van der Waals surface area contributed by atoms with Gasteiger partial charge in [-0.15, -0.1) is 10.2 Å². The molecule has 2 aromatic rings. The van der Waals surface area contributed by atoms with Crippen molar-refractivity contribution < 1.29 is 9.53 Å². The Morgan fingerprint density at radius 2 is 2.00 bits per heavy atom. The van der Waals surface area contributed by atoms with Gasteiger partial charge in [0.2, 0.25) is 5.91 Å². The summed E-state index contributed by atoms with van der Waals surface area (Å²) in [6, 6.07) is 4.12. The number of hydrogen-bond acceptors (Lipinski definition) is 6. The molecule has 1 saturated carbocycles. The second kappa shape index (κ2) is 9.85. The van der Waals surface area contributed by atoms with Crippen molar-refractivity contribution in [3.05, 3.63) is 24.5 Å². The first-order valence-electron chi connectivity index (χ1n) is 9.42. The van der Waals surface area contributed by atoms with E-state index in [9.17, 15) is 4.79 Å². The average molecular weight is 390 g/mol. The van der Waals surface area contributed by atoms with E-state index in [0.29, 0.717) is 24.9 Å². The summed E-state index contributed by atoms with van der Waals surface area (Å²) in [7, 11) is 1.67. The van der Waals surface area contributed by atoms with E-state index in [1.54, 1.807) is 19.5 Å². The van der Waals surface area contributed by atoms with Crippen LogP contribution in [0.3, 0.4) is 0 Å². The fraction of sp³-hybridized carbons (Fsp3) is 0.579. The summed E-state index contributed by atoms with van der Waals surface area (Å²) in [6.07, 6.45) is 8.00. The first-order chi connectivity index (χ1) is 13.2. The van der Waals surface area contributed by atoms with Crippen LogP contribution in [0.4, 0.5) is 0 Å². The van der Waals surface area contributed by atoms with Gasteiger partial charge in [-0.25, -0.2) is 0 Å². The third-order valence-electron chi connectivity index (χ3n) is 4.89. The third-order valence-corrected chi connectivity index (χ3v) is 5.85. The standard InChI is InChI=1S/C19H27N5O2S/c1-14-3-5-16(6-4-14)21-17(25)13-27-19-23-22-18(24(19)11-12-26-2)15-7-9-20-10-8-15/h7-10,14,16H,3-6,11-13H2,1-2H3,(H,21,25). The SMILES string of the molecule is COCCn1c(SCC(=O)NC2CCC(C)CC2)nnc1-c1ccncc1. The fourth-order valence-electron chi connectivity index (χ4n) is 3.30. The van der Waals surface area contributed by atoms with Crippen LogP contribution < -0.4 is 5.32 Å². The monoisotopic (exact) mass is 389 g/mol. The van der Waals surface area contributed by atoms with Crippen LogP contribution in [-0.4, -0.2) is 51.2 Å². The zero-order valence-electron chi connectivity index (χ0n) is 15.9. The molecular weight excluding hydrogens is 362 g/mol. The highest BCUT2D eigenvalue weighted by Crippen LogP contribution is 2.25. The van der Waals surface area contributed by atoms with Gasteiger partial charge in [0.05, 0.1) is 18.9 Å². The van der Waals surface area contributed by atoms with Crippen molar-refractivity contribution in [2.75, 3.05) is 19.5 Å². The molecule has 0 spiro atoms. The quantitative estimate of drug-likeness (QED) is 0.699. The summed E-state index contributed by atoms with van der Waals surface area (Å²) in [5.41, 5.74) is 0.946. The van der Waals surface area contributed by atoms with Crippen LogP contribution >= 0.6 is 11.8 Å². The van der Waals surface area contributed by atoms with Gasteiger partial charge in [-0.2, -0.15) is 0 Å². The number of thioether (sulfide) groups is 1. The summed E-state index contributed by atoms with van der Waals surface area (Å²) < 4.78 is 7.22. The van der Waals surface area contributed by atoms with Crippen LogP contribution in [0.15, 0.2) is 29.7 Å². The number of ether oxygens (including phenoxy) is 1. The Hall–Kier alpha value is -1.93. The Bertz CT molecular complexity index is 729. The minimum atomic E-state index is 0.0614. The lowest BCUT2D eigenvalue weighted by molar-refractivity contribution is -0.119. The van der Waals surface area contributed by atoms with Gasteiger partial charge >= 0.3 is 0 Å². The number of hydrogen-bond donors (Lipinski definition) is 1. The van der Waals surface area contributed by atoms with Gasteiger partial charge < -0.3 is 10.1 Å². The topological polar surface area (TPSA) is 81.9 Å². The van der Waals surface area contributed by atoms with Gasteiger partial charge in [-0.3, -0.25) is 14.3 Å². The first-order valence-corrected chi connectivity index (χ1v) is 10.4. The smallest absolute Gasteiger partial charge is 0.230 e. The molecular formula is C19H27N5O2S. The normalized spacial score (nSPS) is 19.8. The van der Waals surface area contributed by atoms with Crippen LogP contribution in [-0.2, 0) is 16.1 Å². The minimum absolute atomic E-state index is 0.0614. The van der Waals surface area contributed by atoms with Crippen molar-refractivity contribution in [2.24, 2.45) is 5.92 Å². The molecule has 8 heteroatoms. The largest absolute Gasteiger partial charge is 0.383 e. The molecule has 2 aromatic heterocycles. The maximum absolute atomic E-state index is 12.3. The maximum Gasteiger partial charge on any atom is 0.230 e. The van der Waals surface area contributed by atoms with Gasteiger partial charge in [0, 0.05) is 31.1 Å². The molecule has 1 aliphatic carbocycles. The number of rotatable bonds is 8. The summed E-state index contributed by atoms with van der Waals surface area (Å²) in [5.74, 6) is 1.94. The molecule has 0 aromatic carbocycles. The molecule has 0 saturated heterocycles. The van der Waals surface area contributed by atoms with Gasteiger partial charge in [-0.1, -0.05) is 18.7 Å². The maximum atomic E-state index is 12.3. The van der Waals surface area contributed by atoms with E-state index in [1.165, 1.54) is 24.6 Å². The molecule has 3 rings (SSSR count). The lowest BCUT2D eigenvalue weighted by Gasteiger charge is -2.26. The molecule has 0 bridgehead atoms. The summed E-state index contributed by atoms with van der Waals surface area (Å²) in [4.78, 5) is 16.4. The van der Waals surface area contributed by atoms with Crippen molar-refractivity contribution in [3.8, 4) is 11.4 Å². The van der Waals surface area contributed by atoms with Crippen LogP contribution in [0, 0.1) is 5.92 Å². The number of carbonyl (C=O) groups is 1.